The molecule has 0 aliphatic heterocycles. The molecule has 6 heteroatoms. The summed E-state index contributed by atoms with van der Waals surface area (Å²) >= 11 is 0. The van der Waals surface area contributed by atoms with E-state index < -0.39 is 10.0 Å². The van der Waals surface area contributed by atoms with E-state index in [1.54, 1.807) is 30.3 Å². The van der Waals surface area contributed by atoms with E-state index in [0.717, 1.165) is 12.0 Å². The molecule has 0 unspecified atom stereocenters. The number of esters is 1. The van der Waals surface area contributed by atoms with Crippen LogP contribution in [0.15, 0.2) is 46.9 Å². The Hall–Kier alpha value is -1.66. The third-order valence-electron chi connectivity index (χ3n) is 5.36. The summed E-state index contributed by atoms with van der Waals surface area (Å²) in [7, 11) is -3.52. The highest BCUT2D eigenvalue weighted by Crippen LogP contribution is 2.39. The third kappa shape index (κ3) is 5.91. The van der Waals surface area contributed by atoms with Gasteiger partial charge in [0.1, 0.15) is 0 Å². The Labute approximate surface area is 163 Å². The molecule has 3 atom stereocenters. The highest BCUT2D eigenvalue weighted by atomic mass is 32.2. The average Bonchev–Trinajstić information content (AvgIpc) is 2.62. The summed E-state index contributed by atoms with van der Waals surface area (Å²) in [6.45, 7) is 8.90. The summed E-state index contributed by atoms with van der Waals surface area (Å²) in [5.41, 5.74) is 1.14. The van der Waals surface area contributed by atoms with Crippen molar-refractivity contribution < 1.29 is 17.9 Å². The van der Waals surface area contributed by atoms with E-state index in [-0.39, 0.29) is 22.7 Å². The second-order valence-corrected chi connectivity index (χ2v) is 9.36. The van der Waals surface area contributed by atoms with Crippen LogP contribution in [0.2, 0.25) is 0 Å². The Balaban J connectivity index is 2.11. The van der Waals surface area contributed by atoms with Crippen LogP contribution in [0.3, 0.4) is 0 Å². The van der Waals surface area contributed by atoms with Gasteiger partial charge in [0.2, 0.25) is 10.0 Å². The van der Waals surface area contributed by atoms with Crippen molar-refractivity contribution in [3.63, 3.8) is 0 Å². The quantitative estimate of drug-likeness (QED) is 0.539. The zero-order valence-electron chi connectivity index (χ0n) is 16.6. The van der Waals surface area contributed by atoms with Crippen LogP contribution in [0.25, 0.3) is 0 Å². The molecule has 0 saturated heterocycles. The van der Waals surface area contributed by atoms with Gasteiger partial charge in [0.25, 0.3) is 0 Å². The monoisotopic (exact) mass is 393 g/mol. The lowest BCUT2D eigenvalue weighted by Gasteiger charge is -2.37. The lowest BCUT2D eigenvalue weighted by atomic mass is 9.70. The summed E-state index contributed by atoms with van der Waals surface area (Å²) in [5.74, 6) is 0.818. The molecular weight excluding hydrogens is 362 g/mol. The van der Waals surface area contributed by atoms with E-state index in [0.29, 0.717) is 31.4 Å². The van der Waals surface area contributed by atoms with E-state index in [9.17, 15) is 13.2 Å². The molecule has 5 nitrogen and oxygen atoms in total. The normalized spacial score (nSPS) is 23.1. The van der Waals surface area contributed by atoms with E-state index in [1.165, 1.54) is 0 Å². The summed E-state index contributed by atoms with van der Waals surface area (Å²) in [5, 5.41) is 0. The predicted molar refractivity (Wildman–Crippen MR) is 107 cm³/mol. The van der Waals surface area contributed by atoms with E-state index in [1.807, 2.05) is 13.8 Å². The van der Waals surface area contributed by atoms with Gasteiger partial charge >= 0.3 is 5.97 Å². The Bertz CT molecular complexity index is 756. The Kier molecular flexibility index (Phi) is 7.62. The van der Waals surface area contributed by atoms with Gasteiger partial charge in [-0.15, -0.1) is 0 Å². The number of rotatable bonds is 8. The van der Waals surface area contributed by atoms with Crippen LogP contribution in [0.4, 0.5) is 0 Å². The molecular formula is C21H31NO4S. The van der Waals surface area contributed by atoms with Crippen LogP contribution < -0.4 is 4.72 Å². The number of sulfonamides is 1. The predicted octanol–water partition coefficient (Wildman–Crippen LogP) is 3.77. The molecule has 0 aromatic heterocycles. The Morgan fingerprint density at radius 3 is 2.52 bits per heavy atom. The van der Waals surface area contributed by atoms with Crippen molar-refractivity contribution in [1.29, 1.82) is 0 Å². The molecule has 150 valence electrons. The average molecular weight is 394 g/mol. The molecule has 0 radical (unpaired) electrons. The van der Waals surface area contributed by atoms with Crippen LogP contribution >= 0.6 is 0 Å². The maximum Gasteiger partial charge on any atom is 0.306 e. The standard InChI is InChI=1S/C21H31NO4S/c1-5-26-21(23)13-17-12-20(15(2)3)18(11-16(17)4)14-22-27(24,25)19-9-7-6-8-10-19/h6-11,15,17-18,20,22H,5,12-14H2,1-4H3/t17-,18-,20-/m0/s1. The Morgan fingerprint density at radius 2 is 1.93 bits per heavy atom. The number of ether oxygens (including phenoxy) is 1. The molecule has 2 rings (SSSR count). The van der Waals surface area contributed by atoms with Crippen LogP contribution in [0.1, 0.15) is 40.5 Å². The van der Waals surface area contributed by atoms with Crippen LogP contribution in [0, 0.1) is 23.7 Å². The minimum absolute atomic E-state index is 0.113. The van der Waals surface area contributed by atoms with Gasteiger partial charge in [-0.1, -0.05) is 43.7 Å². The fraction of sp³-hybridized carbons (Fsp3) is 0.571. The molecule has 1 aliphatic carbocycles. The maximum atomic E-state index is 12.5. The number of hydrogen-bond acceptors (Lipinski definition) is 4. The lowest BCUT2D eigenvalue weighted by molar-refractivity contribution is -0.144. The molecule has 0 amide bonds. The third-order valence-corrected chi connectivity index (χ3v) is 6.80. The SMILES string of the molecule is CCOC(=O)C[C@@H]1C[C@@H](C(C)C)[C@H](CNS(=O)(=O)c2ccccc2)C=C1C. The first-order valence-corrected chi connectivity index (χ1v) is 11.1. The van der Waals surface area contributed by atoms with Gasteiger partial charge in [-0.05, 0) is 56.1 Å². The van der Waals surface area contributed by atoms with Crippen molar-refractivity contribution in [2.24, 2.45) is 23.7 Å². The largest absolute Gasteiger partial charge is 0.466 e. The Morgan fingerprint density at radius 1 is 1.26 bits per heavy atom. The fourth-order valence-corrected chi connectivity index (χ4v) is 4.91. The van der Waals surface area contributed by atoms with Gasteiger partial charge in [-0.25, -0.2) is 13.1 Å². The van der Waals surface area contributed by atoms with Crippen molar-refractivity contribution in [2.45, 2.75) is 45.4 Å². The van der Waals surface area contributed by atoms with E-state index in [4.69, 9.17) is 4.74 Å². The highest BCUT2D eigenvalue weighted by molar-refractivity contribution is 7.89. The first-order valence-electron chi connectivity index (χ1n) is 9.63. The summed E-state index contributed by atoms with van der Waals surface area (Å²) in [6.07, 6.45) is 3.41. The van der Waals surface area contributed by atoms with E-state index in [2.05, 4.69) is 24.6 Å². The van der Waals surface area contributed by atoms with Crippen LogP contribution in [0.5, 0.6) is 0 Å². The molecule has 0 spiro atoms. The zero-order chi connectivity index (χ0) is 20.0. The molecule has 27 heavy (non-hydrogen) atoms. The molecule has 1 aromatic carbocycles. The number of hydrogen-bond donors (Lipinski definition) is 1. The summed E-state index contributed by atoms with van der Waals surface area (Å²) in [4.78, 5) is 12.2. The van der Waals surface area contributed by atoms with Gasteiger partial charge < -0.3 is 4.74 Å². The number of carbonyl (C=O) groups excluding carboxylic acids is 1. The first-order chi connectivity index (χ1) is 12.7. The lowest BCUT2D eigenvalue weighted by Crippen LogP contribution is -2.37. The number of nitrogens with one attached hydrogen (secondary N) is 1. The minimum Gasteiger partial charge on any atom is -0.466 e. The number of benzene rings is 1. The van der Waals surface area contributed by atoms with Crippen molar-refractivity contribution in [3.05, 3.63) is 42.0 Å². The highest BCUT2D eigenvalue weighted by Gasteiger charge is 2.33. The minimum atomic E-state index is -3.52. The van der Waals surface area contributed by atoms with Crippen molar-refractivity contribution in [3.8, 4) is 0 Å². The van der Waals surface area contributed by atoms with Crippen LogP contribution in [-0.4, -0.2) is 27.5 Å². The zero-order valence-corrected chi connectivity index (χ0v) is 17.5. The molecule has 1 aliphatic rings. The van der Waals surface area contributed by atoms with Gasteiger partial charge in [0.05, 0.1) is 17.9 Å². The molecule has 0 saturated carbocycles. The second-order valence-electron chi connectivity index (χ2n) is 7.59. The smallest absolute Gasteiger partial charge is 0.306 e. The van der Waals surface area contributed by atoms with Crippen molar-refractivity contribution in [1.82, 2.24) is 4.72 Å². The molecule has 0 fully saturated rings. The molecule has 0 heterocycles. The van der Waals surface area contributed by atoms with Gasteiger partial charge in [0.15, 0.2) is 0 Å². The topological polar surface area (TPSA) is 72.5 Å². The van der Waals surface area contributed by atoms with E-state index >= 15 is 0 Å². The fourth-order valence-electron chi connectivity index (χ4n) is 3.82. The maximum absolute atomic E-state index is 12.5. The van der Waals surface area contributed by atoms with Gasteiger partial charge in [-0.2, -0.15) is 0 Å². The van der Waals surface area contributed by atoms with Crippen LogP contribution in [-0.2, 0) is 19.6 Å². The number of allylic oxidation sites excluding steroid dienone is 1. The molecule has 1 aromatic rings. The summed E-state index contributed by atoms with van der Waals surface area (Å²) in [6, 6.07) is 8.43. The second kappa shape index (κ2) is 9.51. The van der Waals surface area contributed by atoms with Gasteiger partial charge in [0, 0.05) is 6.54 Å². The molecule has 0 bridgehead atoms. The van der Waals surface area contributed by atoms with Gasteiger partial charge in [-0.3, -0.25) is 4.79 Å². The van der Waals surface area contributed by atoms with Crippen molar-refractivity contribution >= 4 is 16.0 Å². The first kappa shape index (κ1) is 21.6. The number of carbonyl (C=O) groups is 1. The molecule has 1 N–H and O–H groups in total. The van der Waals surface area contributed by atoms with Crippen molar-refractivity contribution in [2.75, 3.05) is 13.2 Å². The summed E-state index contributed by atoms with van der Waals surface area (Å²) < 4.78 is 32.9.